The molecule has 1 N–H and O–H groups in total. The molecule has 96 valence electrons. The molecule has 0 aliphatic carbocycles. The normalized spacial score (nSPS) is 10.6. The molecular formula is C16H14BrNO. The number of hydrogen-bond acceptors (Lipinski definition) is 1. The molecule has 19 heavy (non-hydrogen) atoms. The smallest absolute Gasteiger partial charge is 0.244 e. The maximum Gasteiger partial charge on any atom is 0.244 e. The minimum absolute atomic E-state index is 0.0910. The van der Waals surface area contributed by atoms with Crippen LogP contribution in [0.1, 0.15) is 11.1 Å². The zero-order chi connectivity index (χ0) is 13.5. The van der Waals surface area contributed by atoms with Crippen LogP contribution in [0, 0.1) is 0 Å². The van der Waals surface area contributed by atoms with Crippen molar-refractivity contribution in [1.29, 1.82) is 0 Å². The van der Waals surface area contributed by atoms with Crippen molar-refractivity contribution in [1.82, 2.24) is 5.32 Å². The van der Waals surface area contributed by atoms with Crippen molar-refractivity contribution >= 4 is 27.9 Å². The van der Waals surface area contributed by atoms with E-state index < -0.39 is 0 Å². The van der Waals surface area contributed by atoms with Gasteiger partial charge in [0.15, 0.2) is 0 Å². The highest BCUT2D eigenvalue weighted by atomic mass is 79.9. The van der Waals surface area contributed by atoms with Gasteiger partial charge in [-0.2, -0.15) is 0 Å². The third-order valence-corrected chi connectivity index (χ3v) is 3.14. The van der Waals surface area contributed by atoms with Gasteiger partial charge in [-0.15, -0.1) is 0 Å². The average Bonchev–Trinajstić information content (AvgIpc) is 2.45. The van der Waals surface area contributed by atoms with E-state index in [4.69, 9.17) is 0 Å². The minimum Gasteiger partial charge on any atom is -0.348 e. The van der Waals surface area contributed by atoms with Crippen LogP contribution in [0.3, 0.4) is 0 Å². The van der Waals surface area contributed by atoms with E-state index in [1.807, 2.05) is 54.6 Å². The molecule has 0 unspecified atom stereocenters. The molecule has 2 nitrogen and oxygen atoms in total. The second-order valence-electron chi connectivity index (χ2n) is 4.09. The Morgan fingerprint density at radius 1 is 1.05 bits per heavy atom. The number of carbonyl (C=O) groups is 1. The summed E-state index contributed by atoms with van der Waals surface area (Å²) in [5, 5.41) is 2.85. The van der Waals surface area contributed by atoms with Crippen molar-refractivity contribution < 1.29 is 4.79 Å². The van der Waals surface area contributed by atoms with Gasteiger partial charge in [-0.25, -0.2) is 0 Å². The summed E-state index contributed by atoms with van der Waals surface area (Å²) in [6.07, 6.45) is 3.35. The first kappa shape index (κ1) is 13.6. The lowest BCUT2D eigenvalue weighted by Crippen LogP contribution is -2.20. The lowest BCUT2D eigenvalue weighted by molar-refractivity contribution is -0.116. The van der Waals surface area contributed by atoms with Crippen LogP contribution < -0.4 is 5.32 Å². The first-order valence-electron chi connectivity index (χ1n) is 5.99. The third-order valence-electron chi connectivity index (χ3n) is 2.61. The van der Waals surface area contributed by atoms with Crippen LogP contribution in [0.5, 0.6) is 0 Å². The summed E-state index contributed by atoms with van der Waals surface area (Å²) in [5.74, 6) is -0.0910. The molecule has 0 atom stereocenters. The third kappa shape index (κ3) is 4.72. The van der Waals surface area contributed by atoms with Crippen molar-refractivity contribution in [3.05, 3.63) is 76.3 Å². The lowest BCUT2D eigenvalue weighted by Gasteiger charge is -2.01. The Balaban J connectivity index is 1.86. The van der Waals surface area contributed by atoms with Gasteiger partial charge in [0.2, 0.25) is 5.91 Å². The molecule has 0 heterocycles. The molecule has 0 radical (unpaired) electrons. The van der Waals surface area contributed by atoms with Crippen molar-refractivity contribution in [2.75, 3.05) is 0 Å². The molecule has 2 aromatic rings. The number of halogens is 1. The summed E-state index contributed by atoms with van der Waals surface area (Å²) in [5.41, 5.74) is 2.09. The molecule has 0 aliphatic heterocycles. The number of nitrogens with one attached hydrogen (secondary N) is 1. The first-order chi connectivity index (χ1) is 9.24. The van der Waals surface area contributed by atoms with Gasteiger partial charge in [0.1, 0.15) is 0 Å². The summed E-state index contributed by atoms with van der Waals surface area (Å²) >= 11 is 3.37. The minimum atomic E-state index is -0.0910. The van der Waals surface area contributed by atoms with Crippen molar-refractivity contribution in [2.24, 2.45) is 0 Å². The van der Waals surface area contributed by atoms with Crippen LogP contribution in [-0.4, -0.2) is 5.91 Å². The lowest BCUT2D eigenvalue weighted by atomic mass is 10.2. The van der Waals surface area contributed by atoms with E-state index in [0.717, 1.165) is 15.6 Å². The molecule has 0 aromatic heterocycles. The molecule has 1 amide bonds. The van der Waals surface area contributed by atoms with Crippen molar-refractivity contribution in [2.45, 2.75) is 6.54 Å². The molecule has 0 bridgehead atoms. The summed E-state index contributed by atoms with van der Waals surface area (Å²) in [6, 6.07) is 17.6. The molecule has 0 saturated heterocycles. The van der Waals surface area contributed by atoms with E-state index in [1.54, 1.807) is 12.2 Å². The zero-order valence-electron chi connectivity index (χ0n) is 10.3. The quantitative estimate of drug-likeness (QED) is 0.855. The first-order valence-corrected chi connectivity index (χ1v) is 6.79. The summed E-state index contributed by atoms with van der Waals surface area (Å²) < 4.78 is 1.03. The van der Waals surface area contributed by atoms with Gasteiger partial charge < -0.3 is 5.32 Å². The van der Waals surface area contributed by atoms with E-state index in [0.29, 0.717) is 6.54 Å². The largest absolute Gasteiger partial charge is 0.348 e. The summed E-state index contributed by atoms with van der Waals surface area (Å²) in [7, 11) is 0. The molecule has 2 aromatic carbocycles. The Hall–Kier alpha value is -1.87. The number of benzene rings is 2. The van der Waals surface area contributed by atoms with Crippen molar-refractivity contribution in [3.8, 4) is 0 Å². The summed E-state index contributed by atoms with van der Waals surface area (Å²) in [6.45, 7) is 0.546. The number of hydrogen-bond donors (Lipinski definition) is 1. The van der Waals surface area contributed by atoms with E-state index >= 15 is 0 Å². The Bertz CT molecular complexity index is 561. The highest BCUT2D eigenvalue weighted by molar-refractivity contribution is 9.10. The topological polar surface area (TPSA) is 29.1 Å². The molecule has 2 rings (SSSR count). The fourth-order valence-corrected chi connectivity index (χ4v) is 1.85. The van der Waals surface area contributed by atoms with Crippen LogP contribution in [0.4, 0.5) is 0 Å². The molecule has 0 aliphatic rings. The molecular weight excluding hydrogens is 302 g/mol. The van der Waals surface area contributed by atoms with Gasteiger partial charge in [0, 0.05) is 17.1 Å². The Labute approximate surface area is 121 Å². The van der Waals surface area contributed by atoms with E-state index in [-0.39, 0.29) is 5.91 Å². The predicted molar refractivity (Wildman–Crippen MR) is 81.5 cm³/mol. The molecule has 0 saturated carbocycles. The number of amides is 1. The fraction of sp³-hybridized carbons (Fsp3) is 0.0625. The number of rotatable bonds is 4. The predicted octanol–water partition coefficient (Wildman–Crippen LogP) is 3.78. The van der Waals surface area contributed by atoms with Crippen LogP contribution >= 0.6 is 15.9 Å². The second kappa shape index (κ2) is 6.90. The SMILES string of the molecule is O=C(/C=C/c1ccc(Br)cc1)NCc1ccccc1. The monoisotopic (exact) mass is 315 g/mol. The Morgan fingerprint density at radius 3 is 2.42 bits per heavy atom. The van der Waals surface area contributed by atoms with Crippen LogP contribution in [-0.2, 0) is 11.3 Å². The second-order valence-corrected chi connectivity index (χ2v) is 5.00. The highest BCUT2D eigenvalue weighted by Gasteiger charge is 1.96. The van der Waals surface area contributed by atoms with Gasteiger partial charge >= 0.3 is 0 Å². The van der Waals surface area contributed by atoms with E-state index in [2.05, 4.69) is 21.2 Å². The van der Waals surface area contributed by atoms with Crippen LogP contribution in [0.15, 0.2) is 65.1 Å². The molecule has 0 fully saturated rings. The van der Waals surface area contributed by atoms with E-state index in [9.17, 15) is 4.79 Å². The standard InChI is InChI=1S/C16H14BrNO/c17-15-9-6-13(7-10-15)8-11-16(19)18-12-14-4-2-1-3-5-14/h1-11H,12H2,(H,18,19)/b11-8+. The molecule has 3 heteroatoms. The van der Waals surface area contributed by atoms with Crippen LogP contribution in [0.25, 0.3) is 6.08 Å². The van der Waals surface area contributed by atoms with Gasteiger partial charge in [-0.3, -0.25) is 4.79 Å². The maximum absolute atomic E-state index is 11.6. The average molecular weight is 316 g/mol. The van der Waals surface area contributed by atoms with Gasteiger partial charge in [-0.05, 0) is 29.3 Å². The van der Waals surface area contributed by atoms with Crippen LogP contribution in [0.2, 0.25) is 0 Å². The van der Waals surface area contributed by atoms with E-state index in [1.165, 1.54) is 0 Å². The number of carbonyl (C=O) groups excluding carboxylic acids is 1. The van der Waals surface area contributed by atoms with Gasteiger partial charge in [-0.1, -0.05) is 58.4 Å². The van der Waals surface area contributed by atoms with Gasteiger partial charge in [0.05, 0.1) is 0 Å². The Morgan fingerprint density at radius 2 is 1.74 bits per heavy atom. The fourth-order valence-electron chi connectivity index (χ4n) is 1.59. The Kier molecular flexibility index (Phi) is 4.93. The summed E-state index contributed by atoms with van der Waals surface area (Å²) in [4.78, 5) is 11.6. The maximum atomic E-state index is 11.6. The molecule has 0 spiro atoms. The zero-order valence-corrected chi connectivity index (χ0v) is 11.9. The van der Waals surface area contributed by atoms with Gasteiger partial charge in [0.25, 0.3) is 0 Å². The highest BCUT2D eigenvalue weighted by Crippen LogP contribution is 2.11. The van der Waals surface area contributed by atoms with Crippen molar-refractivity contribution in [3.63, 3.8) is 0 Å².